The van der Waals surface area contributed by atoms with E-state index in [-0.39, 0.29) is 6.61 Å². The van der Waals surface area contributed by atoms with Crippen LogP contribution in [0.3, 0.4) is 0 Å². The Bertz CT molecular complexity index is 1700. The van der Waals surface area contributed by atoms with E-state index in [2.05, 4.69) is 24.3 Å². The van der Waals surface area contributed by atoms with E-state index >= 15 is 0 Å². The van der Waals surface area contributed by atoms with Gasteiger partial charge < -0.3 is 18.9 Å². The lowest BCUT2D eigenvalue weighted by Gasteiger charge is -2.40. The van der Waals surface area contributed by atoms with Crippen LogP contribution in [0.25, 0.3) is 0 Å². The molecular weight excluding hydrogens is 610 g/mol. The first-order chi connectivity index (χ1) is 24.2. The van der Waals surface area contributed by atoms with Gasteiger partial charge in [0.1, 0.15) is 24.9 Å². The Balaban J connectivity index is 1.34. The standard InChI is InChI=1S/C43H43NO5/c45-43(49-33-38-25-14-5-15-26-38)44(29-34-17-6-1-7-18-34)39-27-16-28-40(46-30-35-19-8-2-9-20-35)42(48-32-37-23-12-4-13-24-37)41(39)47-31-36-21-10-3-11-22-36/h1-26,28,39-42H,27,29-33H2/t39-,40-,41-,42+/m1/s1. The van der Waals surface area contributed by atoms with E-state index in [1.54, 1.807) is 4.90 Å². The van der Waals surface area contributed by atoms with Crippen molar-refractivity contribution >= 4 is 6.09 Å². The van der Waals surface area contributed by atoms with E-state index in [0.717, 1.165) is 27.8 Å². The van der Waals surface area contributed by atoms with E-state index < -0.39 is 30.4 Å². The summed E-state index contributed by atoms with van der Waals surface area (Å²) in [6.45, 7) is 1.62. The lowest BCUT2D eigenvalue weighted by molar-refractivity contribution is -0.155. The Kier molecular flexibility index (Phi) is 12.4. The van der Waals surface area contributed by atoms with Crippen molar-refractivity contribution in [2.24, 2.45) is 0 Å². The number of hydrogen-bond donors (Lipinski definition) is 0. The van der Waals surface area contributed by atoms with Crippen LogP contribution in [0.2, 0.25) is 0 Å². The summed E-state index contributed by atoms with van der Waals surface area (Å²) in [5, 5.41) is 0. The molecule has 1 aliphatic rings. The summed E-state index contributed by atoms with van der Waals surface area (Å²) in [6.07, 6.45) is 2.73. The van der Waals surface area contributed by atoms with Crippen molar-refractivity contribution in [1.82, 2.24) is 4.90 Å². The first kappa shape index (κ1) is 33.9. The van der Waals surface area contributed by atoms with Crippen LogP contribution in [0, 0.1) is 0 Å². The van der Waals surface area contributed by atoms with Gasteiger partial charge in [-0.1, -0.05) is 164 Å². The Hall–Kier alpha value is -5.01. The molecule has 5 aromatic carbocycles. The molecule has 0 saturated heterocycles. The monoisotopic (exact) mass is 653 g/mol. The van der Waals surface area contributed by atoms with Crippen LogP contribution < -0.4 is 0 Å². The van der Waals surface area contributed by atoms with Crippen LogP contribution in [0.1, 0.15) is 34.2 Å². The fraction of sp³-hybridized carbons (Fsp3) is 0.233. The third kappa shape index (κ3) is 10.00. The largest absolute Gasteiger partial charge is 0.445 e. The molecule has 0 bridgehead atoms. The van der Waals surface area contributed by atoms with Crippen LogP contribution >= 0.6 is 0 Å². The van der Waals surface area contributed by atoms with E-state index in [9.17, 15) is 4.79 Å². The maximum Gasteiger partial charge on any atom is 0.410 e. The Morgan fingerprint density at radius 2 is 0.918 bits per heavy atom. The lowest BCUT2D eigenvalue weighted by atomic mass is 9.99. The number of benzene rings is 5. The Morgan fingerprint density at radius 1 is 0.510 bits per heavy atom. The number of carbonyl (C=O) groups is 1. The second-order valence-electron chi connectivity index (χ2n) is 12.2. The second-order valence-corrected chi connectivity index (χ2v) is 12.2. The van der Waals surface area contributed by atoms with Crippen LogP contribution in [-0.2, 0) is 51.9 Å². The van der Waals surface area contributed by atoms with Crippen LogP contribution in [-0.4, -0.2) is 35.3 Å². The zero-order valence-electron chi connectivity index (χ0n) is 27.6. The molecule has 0 unspecified atom stereocenters. The molecule has 0 aromatic heterocycles. The summed E-state index contributed by atoms with van der Waals surface area (Å²) >= 11 is 0. The summed E-state index contributed by atoms with van der Waals surface area (Å²) in [4.78, 5) is 16.0. The third-order valence-corrected chi connectivity index (χ3v) is 8.62. The van der Waals surface area contributed by atoms with Crippen molar-refractivity contribution < 1.29 is 23.7 Å². The first-order valence-corrected chi connectivity index (χ1v) is 16.9. The van der Waals surface area contributed by atoms with Gasteiger partial charge in [-0.3, -0.25) is 4.90 Å². The van der Waals surface area contributed by atoms with Gasteiger partial charge in [0.15, 0.2) is 0 Å². The molecule has 5 aromatic rings. The average molecular weight is 654 g/mol. The van der Waals surface area contributed by atoms with Crippen LogP contribution in [0.15, 0.2) is 164 Å². The number of nitrogens with zero attached hydrogens (tertiary/aromatic N) is 1. The van der Waals surface area contributed by atoms with Gasteiger partial charge in [-0.05, 0) is 34.2 Å². The van der Waals surface area contributed by atoms with Crippen LogP contribution in [0.4, 0.5) is 4.79 Å². The molecule has 0 heterocycles. The summed E-state index contributed by atoms with van der Waals surface area (Å²) < 4.78 is 26.3. The molecule has 0 spiro atoms. The molecule has 49 heavy (non-hydrogen) atoms. The maximum atomic E-state index is 14.2. The average Bonchev–Trinajstić information content (AvgIpc) is 3.34. The number of rotatable bonds is 14. The number of carbonyl (C=O) groups excluding carboxylic acids is 1. The summed E-state index contributed by atoms with van der Waals surface area (Å²) in [5.74, 6) is 0. The van der Waals surface area contributed by atoms with E-state index in [1.807, 2.05) is 140 Å². The van der Waals surface area contributed by atoms with E-state index in [4.69, 9.17) is 18.9 Å². The fourth-order valence-corrected chi connectivity index (χ4v) is 6.05. The van der Waals surface area contributed by atoms with Gasteiger partial charge in [0.2, 0.25) is 0 Å². The topological polar surface area (TPSA) is 57.2 Å². The van der Waals surface area contributed by atoms with Crippen molar-refractivity contribution in [1.29, 1.82) is 0 Å². The Labute approximate surface area is 289 Å². The fourth-order valence-electron chi connectivity index (χ4n) is 6.05. The molecule has 1 amide bonds. The SMILES string of the molecule is O=C(OCc1ccccc1)N(Cc1ccccc1)[C@@H]1CC=C[C@@H](OCc2ccccc2)[C@H](OCc2ccccc2)[C@@H]1OCc1ccccc1. The predicted molar refractivity (Wildman–Crippen MR) is 191 cm³/mol. The highest BCUT2D eigenvalue weighted by atomic mass is 16.6. The molecule has 6 rings (SSSR count). The number of ether oxygens (including phenoxy) is 4. The molecule has 1 aliphatic carbocycles. The highest BCUT2D eigenvalue weighted by Crippen LogP contribution is 2.30. The lowest BCUT2D eigenvalue weighted by Crippen LogP contribution is -2.54. The molecule has 6 nitrogen and oxygen atoms in total. The van der Waals surface area contributed by atoms with Crippen LogP contribution in [0.5, 0.6) is 0 Å². The first-order valence-electron chi connectivity index (χ1n) is 16.9. The van der Waals surface area contributed by atoms with E-state index in [1.165, 1.54) is 0 Å². The second kappa shape index (κ2) is 17.9. The molecule has 4 atom stereocenters. The molecule has 0 aliphatic heterocycles. The smallest absolute Gasteiger partial charge is 0.410 e. The zero-order chi connectivity index (χ0) is 33.5. The van der Waals surface area contributed by atoms with Gasteiger partial charge in [-0.2, -0.15) is 0 Å². The van der Waals surface area contributed by atoms with E-state index in [0.29, 0.717) is 32.8 Å². The molecule has 0 fully saturated rings. The van der Waals surface area contributed by atoms with Crippen molar-refractivity contribution in [3.63, 3.8) is 0 Å². The maximum absolute atomic E-state index is 14.2. The predicted octanol–water partition coefficient (Wildman–Crippen LogP) is 8.91. The number of amides is 1. The van der Waals surface area contributed by atoms with Gasteiger partial charge in [0, 0.05) is 6.54 Å². The van der Waals surface area contributed by atoms with Gasteiger partial charge in [-0.15, -0.1) is 0 Å². The zero-order valence-corrected chi connectivity index (χ0v) is 27.6. The molecule has 0 radical (unpaired) electrons. The van der Waals surface area contributed by atoms with Gasteiger partial charge in [0.05, 0.1) is 25.9 Å². The Morgan fingerprint density at radius 3 is 1.41 bits per heavy atom. The molecule has 250 valence electrons. The van der Waals surface area contributed by atoms with Crippen molar-refractivity contribution in [2.45, 2.75) is 63.7 Å². The molecular formula is C43H43NO5. The molecule has 6 heteroatoms. The van der Waals surface area contributed by atoms with Crippen molar-refractivity contribution in [3.05, 3.63) is 192 Å². The molecule has 0 N–H and O–H groups in total. The third-order valence-electron chi connectivity index (χ3n) is 8.62. The summed E-state index contributed by atoms with van der Waals surface area (Å²) in [5.41, 5.74) is 5.05. The summed E-state index contributed by atoms with van der Waals surface area (Å²) in [6, 6.07) is 49.6. The van der Waals surface area contributed by atoms with Gasteiger partial charge in [-0.25, -0.2) is 4.79 Å². The number of hydrogen-bond acceptors (Lipinski definition) is 5. The normalized spacial score (nSPS) is 18.8. The summed E-state index contributed by atoms with van der Waals surface area (Å²) in [7, 11) is 0. The van der Waals surface area contributed by atoms with Crippen molar-refractivity contribution in [2.75, 3.05) is 0 Å². The molecule has 0 saturated carbocycles. The minimum absolute atomic E-state index is 0.166. The van der Waals surface area contributed by atoms with Gasteiger partial charge in [0.25, 0.3) is 0 Å². The van der Waals surface area contributed by atoms with Gasteiger partial charge >= 0.3 is 6.09 Å². The highest BCUT2D eigenvalue weighted by Gasteiger charge is 2.42. The highest BCUT2D eigenvalue weighted by molar-refractivity contribution is 5.68. The minimum atomic E-state index is -0.562. The quantitative estimate of drug-likeness (QED) is 0.112. The van der Waals surface area contributed by atoms with Crippen molar-refractivity contribution in [3.8, 4) is 0 Å². The minimum Gasteiger partial charge on any atom is -0.445 e.